The first kappa shape index (κ1) is 24.3. The van der Waals surface area contributed by atoms with E-state index in [1.807, 2.05) is 18.2 Å². The molecule has 2 aromatic carbocycles. The van der Waals surface area contributed by atoms with Crippen LogP contribution in [0.5, 0.6) is 0 Å². The number of benzene rings is 2. The summed E-state index contributed by atoms with van der Waals surface area (Å²) in [7, 11) is 0. The van der Waals surface area contributed by atoms with Crippen molar-refractivity contribution >= 4 is 54.7 Å². The molecule has 3 nitrogen and oxygen atoms in total. The molecule has 0 saturated carbocycles. The quantitative estimate of drug-likeness (QED) is 0.197. The number of fused-ring (bicyclic) bond motifs is 3. The van der Waals surface area contributed by atoms with Crippen molar-refractivity contribution in [3.8, 4) is 0 Å². The number of nitrogens with zero attached hydrogens (tertiary/aromatic N) is 2. The average molecular weight is 482 g/mol. The van der Waals surface area contributed by atoms with Crippen molar-refractivity contribution in [1.82, 2.24) is 16.1 Å². The Bertz CT molecular complexity index is 1220. The van der Waals surface area contributed by atoms with Gasteiger partial charge in [0.2, 0.25) is 0 Å². The molecule has 0 amide bonds. The third kappa shape index (κ3) is 4.69. The topological polar surface area (TPSA) is 60.8 Å². The normalized spacial score (nSPS) is 10.8. The first-order chi connectivity index (χ1) is 13.4. The van der Waals surface area contributed by atoms with E-state index >= 15 is 0 Å². The first-order valence-electron chi connectivity index (χ1n) is 9.21. The van der Waals surface area contributed by atoms with Crippen LogP contribution in [0.25, 0.3) is 26.3 Å². The van der Waals surface area contributed by atoms with Crippen molar-refractivity contribution in [3.05, 3.63) is 83.2 Å². The Hall–Kier alpha value is -1.94. The standard InChI is InChI=1S/C14H8ClN2.C10H13.ClH.Fe.H3N/c1-2-11-7-5-9-3-4-10-6-8-12(15)17-14(10)13(9)16-11;1-8(2)10-6-4-5-9(3)7-10;;;/h3-8H,1H2;4-6,8H,1-3H3;1H;;1H3. The summed E-state index contributed by atoms with van der Waals surface area (Å²) in [4.78, 5) is 9.44. The molecule has 0 aliphatic heterocycles. The number of hydrogen-bond donors (Lipinski definition) is 1. The minimum absolute atomic E-state index is 0. The van der Waals surface area contributed by atoms with E-state index < -0.39 is 0 Å². The number of hydrogen-bond acceptors (Lipinski definition) is 3. The van der Waals surface area contributed by atoms with E-state index in [-0.39, 0.29) is 18.6 Å². The summed E-state index contributed by atoms with van der Waals surface area (Å²) in [6, 6.07) is 18.6. The predicted octanol–water partition coefficient (Wildman–Crippen LogP) is 6.83. The van der Waals surface area contributed by atoms with Gasteiger partial charge < -0.3 is 6.15 Å². The van der Waals surface area contributed by atoms with Gasteiger partial charge in [-0.3, -0.25) is 0 Å². The van der Waals surface area contributed by atoms with Gasteiger partial charge in [0.25, 0.3) is 0 Å². The molecule has 2 heterocycles. The molecule has 0 fully saturated rings. The largest absolute Gasteiger partial charge is 0.344 e. The monoisotopic (exact) mass is 481 g/mol. The van der Waals surface area contributed by atoms with Crippen LogP contribution in [0.3, 0.4) is 0 Å². The fraction of sp³-hybridized carbons (Fsp3) is 0.167. The van der Waals surface area contributed by atoms with Gasteiger partial charge in [-0.1, -0.05) is 0 Å². The Morgan fingerprint density at radius 1 is 0.933 bits per heavy atom. The van der Waals surface area contributed by atoms with Crippen molar-refractivity contribution in [2.45, 2.75) is 26.7 Å². The Kier molecular flexibility index (Phi) is 8.04. The van der Waals surface area contributed by atoms with Gasteiger partial charge in [-0.25, -0.2) is 0 Å². The summed E-state index contributed by atoms with van der Waals surface area (Å²) in [5.41, 5.74) is 5.28. The van der Waals surface area contributed by atoms with E-state index in [0.717, 1.165) is 46.9 Å². The van der Waals surface area contributed by atoms with Crippen LogP contribution < -0.4 is 10.6 Å². The molecule has 30 heavy (non-hydrogen) atoms. The molecule has 0 atom stereocenters. The molecule has 0 spiro atoms. The first-order valence-corrected chi connectivity index (χ1v) is 10.7. The average Bonchev–Trinajstić information content (AvgIpc) is 2.68. The van der Waals surface area contributed by atoms with Crippen LogP contribution in [-0.4, -0.2) is 9.97 Å². The smallest absolute Gasteiger partial charge is 0.147 e. The Labute approximate surface area is 195 Å². The third-order valence-electron chi connectivity index (χ3n) is 4.78. The molecule has 0 unspecified atom stereocenters. The van der Waals surface area contributed by atoms with Crippen LogP contribution >= 0.6 is 24.0 Å². The van der Waals surface area contributed by atoms with Crippen LogP contribution in [0.1, 0.15) is 36.6 Å². The molecular weight excluding hydrogens is 457 g/mol. The van der Waals surface area contributed by atoms with E-state index in [2.05, 4.69) is 68.7 Å². The van der Waals surface area contributed by atoms with Crippen LogP contribution in [-0.2, 0) is 15.0 Å². The molecule has 0 aliphatic rings. The fourth-order valence-electron chi connectivity index (χ4n) is 3.27. The molecule has 3 N–H and O–H groups in total. The Balaban J connectivity index is 0.00000160. The summed E-state index contributed by atoms with van der Waals surface area (Å²) < 4.78 is 2.36. The van der Waals surface area contributed by atoms with Crippen molar-refractivity contribution < 1.29 is 15.0 Å². The number of aryl methyl sites for hydroxylation is 1. The summed E-state index contributed by atoms with van der Waals surface area (Å²) in [5.74, 6) is 0.475. The second kappa shape index (κ2) is 9.91. The Morgan fingerprint density at radius 2 is 1.53 bits per heavy atom. The molecular formula is C24H25Cl2FeN3. The van der Waals surface area contributed by atoms with Gasteiger partial charge in [0.05, 0.1) is 0 Å². The molecule has 0 radical (unpaired) electrons. The zero-order valence-electron chi connectivity index (χ0n) is 17.2. The molecule has 0 bridgehead atoms. The predicted molar refractivity (Wildman–Crippen MR) is 128 cm³/mol. The molecule has 158 valence electrons. The fourth-order valence-corrected chi connectivity index (χ4v) is 4.92. The maximum Gasteiger partial charge on any atom is -0.147 e. The van der Waals surface area contributed by atoms with E-state index in [1.54, 1.807) is 0 Å². The zero-order valence-corrected chi connectivity index (χ0v) is 19.9. The molecule has 4 rings (SSSR count). The maximum atomic E-state index is 6.14. The second-order valence-electron chi connectivity index (χ2n) is 7.14. The van der Waals surface area contributed by atoms with Gasteiger partial charge in [-0.15, -0.1) is 12.4 Å². The maximum absolute atomic E-state index is 6.14. The summed E-state index contributed by atoms with van der Waals surface area (Å²) in [5, 5.41) is 2.57. The van der Waals surface area contributed by atoms with Crippen molar-refractivity contribution in [2.24, 2.45) is 0 Å². The second-order valence-corrected chi connectivity index (χ2v) is 9.02. The molecule has 4 aromatic rings. The van der Waals surface area contributed by atoms with Crippen molar-refractivity contribution in [3.63, 3.8) is 0 Å². The van der Waals surface area contributed by atoms with E-state index in [4.69, 9.17) is 16.6 Å². The van der Waals surface area contributed by atoms with Gasteiger partial charge in [-0.05, 0) is 0 Å². The molecule has 0 saturated heterocycles. The molecule has 6 heteroatoms. The van der Waals surface area contributed by atoms with Crippen molar-refractivity contribution in [1.29, 1.82) is 0 Å². The van der Waals surface area contributed by atoms with Gasteiger partial charge in [-0.2, -0.15) is 0 Å². The molecule has 0 aliphatic carbocycles. The zero-order chi connectivity index (χ0) is 19.8. The van der Waals surface area contributed by atoms with E-state index in [1.165, 1.54) is 15.6 Å². The van der Waals surface area contributed by atoms with Gasteiger partial charge in [0, 0.05) is 0 Å². The minimum atomic E-state index is 0. The molecule has 2 aromatic heterocycles. The van der Waals surface area contributed by atoms with Gasteiger partial charge >= 0.3 is 177 Å². The number of aromatic nitrogens is 2. The van der Waals surface area contributed by atoms with Crippen LogP contribution in [0, 0.1) is 6.92 Å². The minimum Gasteiger partial charge on any atom is -0.344 e. The van der Waals surface area contributed by atoms with E-state index in [0.29, 0.717) is 11.1 Å². The van der Waals surface area contributed by atoms with Gasteiger partial charge in [0.15, 0.2) is 0 Å². The third-order valence-corrected chi connectivity index (χ3v) is 6.64. The summed E-state index contributed by atoms with van der Waals surface area (Å²) in [6.07, 6.45) is 0. The van der Waals surface area contributed by atoms with Gasteiger partial charge in [0.1, 0.15) is 0 Å². The Morgan fingerprint density at radius 3 is 2.20 bits per heavy atom. The SMILES string of the molecule is C=[C]([Fe][c]1c(C)cccc1C(C)C)c1ccc2ccc3ccc(Cl)nc3c2n1.Cl.N. The van der Waals surface area contributed by atoms with Crippen LogP contribution in [0.2, 0.25) is 5.15 Å². The number of halogens is 2. The summed E-state index contributed by atoms with van der Waals surface area (Å²) in [6.45, 7) is 11.0. The number of rotatable bonds is 4. The van der Waals surface area contributed by atoms with Crippen LogP contribution in [0.4, 0.5) is 0 Å². The van der Waals surface area contributed by atoms with Crippen molar-refractivity contribution in [2.75, 3.05) is 0 Å². The summed E-state index contributed by atoms with van der Waals surface area (Å²) >= 11 is 6.93. The number of pyridine rings is 2. The van der Waals surface area contributed by atoms with E-state index in [9.17, 15) is 0 Å². The van der Waals surface area contributed by atoms with Crippen LogP contribution in [0.15, 0.2) is 61.2 Å².